The number of carbonyl (C=O) groups excluding carboxylic acids is 2. The van der Waals surface area contributed by atoms with Crippen LogP contribution in [0.25, 0.3) is 0 Å². The molecule has 5 heteroatoms. The SMILES string of the molecule is COC(=O)CC#Cc1ccc(F)c(C(=O)OC)c1. The van der Waals surface area contributed by atoms with Crippen molar-refractivity contribution in [3.63, 3.8) is 0 Å². The summed E-state index contributed by atoms with van der Waals surface area (Å²) < 4.78 is 22.1. The molecule has 0 amide bonds. The lowest BCUT2D eigenvalue weighted by atomic mass is 10.1. The van der Waals surface area contributed by atoms with E-state index < -0.39 is 17.8 Å². The van der Waals surface area contributed by atoms with Crippen molar-refractivity contribution in [2.45, 2.75) is 6.42 Å². The van der Waals surface area contributed by atoms with E-state index in [9.17, 15) is 14.0 Å². The second kappa shape index (κ2) is 6.40. The quantitative estimate of drug-likeness (QED) is 0.590. The highest BCUT2D eigenvalue weighted by Crippen LogP contribution is 2.11. The molecule has 1 aromatic rings. The molecule has 0 unspecified atom stereocenters. The highest BCUT2D eigenvalue weighted by molar-refractivity contribution is 5.90. The van der Waals surface area contributed by atoms with Crippen LogP contribution in [0.3, 0.4) is 0 Å². The fourth-order valence-corrected chi connectivity index (χ4v) is 1.16. The molecule has 0 aromatic heterocycles. The van der Waals surface area contributed by atoms with Gasteiger partial charge >= 0.3 is 11.9 Å². The number of esters is 2. The molecule has 0 N–H and O–H groups in total. The van der Waals surface area contributed by atoms with Crippen LogP contribution >= 0.6 is 0 Å². The molecule has 18 heavy (non-hydrogen) atoms. The number of rotatable bonds is 2. The topological polar surface area (TPSA) is 52.6 Å². The van der Waals surface area contributed by atoms with E-state index in [-0.39, 0.29) is 12.0 Å². The number of halogens is 1. The summed E-state index contributed by atoms with van der Waals surface area (Å²) in [5.41, 5.74) is 0.225. The molecule has 0 heterocycles. The van der Waals surface area contributed by atoms with Crippen molar-refractivity contribution >= 4 is 11.9 Å². The lowest BCUT2D eigenvalue weighted by molar-refractivity contribution is -0.139. The Balaban J connectivity index is 2.92. The average Bonchev–Trinajstić information content (AvgIpc) is 2.39. The Kier molecular flexibility index (Phi) is 4.88. The van der Waals surface area contributed by atoms with E-state index in [4.69, 9.17) is 0 Å². The zero-order valence-corrected chi connectivity index (χ0v) is 9.95. The van der Waals surface area contributed by atoms with Gasteiger partial charge < -0.3 is 9.47 Å². The van der Waals surface area contributed by atoms with E-state index in [1.165, 1.54) is 19.2 Å². The summed E-state index contributed by atoms with van der Waals surface area (Å²) in [5.74, 6) is 3.27. The van der Waals surface area contributed by atoms with E-state index >= 15 is 0 Å². The molecule has 0 bridgehead atoms. The van der Waals surface area contributed by atoms with Crippen LogP contribution in [-0.4, -0.2) is 26.2 Å². The van der Waals surface area contributed by atoms with Crippen LogP contribution in [-0.2, 0) is 14.3 Å². The van der Waals surface area contributed by atoms with E-state index in [2.05, 4.69) is 21.3 Å². The van der Waals surface area contributed by atoms with Crippen molar-refractivity contribution in [3.8, 4) is 11.8 Å². The highest BCUT2D eigenvalue weighted by Gasteiger charge is 2.11. The molecule has 0 radical (unpaired) electrons. The van der Waals surface area contributed by atoms with E-state index in [0.29, 0.717) is 5.56 Å². The first-order chi connectivity index (χ1) is 8.58. The summed E-state index contributed by atoms with van der Waals surface area (Å²) in [6.07, 6.45) is -0.0680. The van der Waals surface area contributed by atoms with Gasteiger partial charge in [0.15, 0.2) is 0 Å². The lowest BCUT2D eigenvalue weighted by Gasteiger charge is -2.01. The van der Waals surface area contributed by atoms with Crippen LogP contribution in [0, 0.1) is 17.7 Å². The van der Waals surface area contributed by atoms with Crippen molar-refractivity contribution < 1.29 is 23.5 Å². The molecule has 0 aliphatic heterocycles. The molecule has 0 spiro atoms. The van der Waals surface area contributed by atoms with Crippen molar-refractivity contribution in [2.75, 3.05) is 14.2 Å². The maximum absolute atomic E-state index is 13.3. The highest BCUT2D eigenvalue weighted by atomic mass is 19.1. The zero-order chi connectivity index (χ0) is 13.5. The maximum atomic E-state index is 13.3. The number of methoxy groups -OCH3 is 2. The van der Waals surface area contributed by atoms with E-state index in [0.717, 1.165) is 13.2 Å². The van der Waals surface area contributed by atoms with Gasteiger partial charge in [0.25, 0.3) is 0 Å². The molecule has 94 valence electrons. The normalized spacial score (nSPS) is 9.06. The van der Waals surface area contributed by atoms with Gasteiger partial charge in [-0.15, -0.1) is 0 Å². The third-order valence-electron chi connectivity index (χ3n) is 2.06. The predicted molar refractivity (Wildman–Crippen MR) is 61.3 cm³/mol. The Morgan fingerprint density at radius 2 is 2.00 bits per heavy atom. The van der Waals surface area contributed by atoms with Gasteiger partial charge in [0, 0.05) is 5.56 Å². The Bertz CT molecular complexity index is 526. The summed E-state index contributed by atoms with van der Waals surface area (Å²) in [5, 5.41) is 0. The summed E-state index contributed by atoms with van der Waals surface area (Å²) in [7, 11) is 2.43. The molecule has 0 saturated heterocycles. The average molecular weight is 250 g/mol. The van der Waals surface area contributed by atoms with Crippen LogP contribution in [0.1, 0.15) is 22.3 Å². The molecule has 0 aliphatic carbocycles. The minimum absolute atomic E-state index is 0.0680. The second-order valence-corrected chi connectivity index (χ2v) is 3.24. The van der Waals surface area contributed by atoms with Crippen molar-refractivity contribution in [1.82, 2.24) is 0 Å². The predicted octanol–water partition coefficient (Wildman–Crippen LogP) is 1.53. The van der Waals surface area contributed by atoms with Gasteiger partial charge in [-0.3, -0.25) is 4.79 Å². The molecular weight excluding hydrogens is 239 g/mol. The van der Waals surface area contributed by atoms with Gasteiger partial charge in [0.1, 0.15) is 12.2 Å². The van der Waals surface area contributed by atoms with Gasteiger partial charge in [-0.05, 0) is 18.2 Å². The van der Waals surface area contributed by atoms with Gasteiger partial charge in [-0.2, -0.15) is 0 Å². The Hall–Kier alpha value is -2.35. The van der Waals surface area contributed by atoms with E-state index in [1.54, 1.807) is 0 Å². The summed E-state index contributed by atoms with van der Waals surface area (Å²) in [4.78, 5) is 22.0. The number of ether oxygens (including phenoxy) is 2. The molecule has 4 nitrogen and oxygen atoms in total. The van der Waals surface area contributed by atoms with E-state index in [1.807, 2.05) is 0 Å². The molecule has 0 atom stereocenters. The first kappa shape index (κ1) is 13.7. The molecule has 0 aliphatic rings. The second-order valence-electron chi connectivity index (χ2n) is 3.24. The first-order valence-electron chi connectivity index (χ1n) is 5.02. The standard InChI is InChI=1S/C13H11FO4/c1-17-12(15)5-3-4-9-6-7-11(14)10(8-9)13(16)18-2/h6-8H,5H2,1-2H3. The lowest BCUT2D eigenvalue weighted by Crippen LogP contribution is -2.04. The Labute approximate surface area is 104 Å². The Morgan fingerprint density at radius 3 is 2.61 bits per heavy atom. The smallest absolute Gasteiger partial charge is 0.340 e. The van der Waals surface area contributed by atoms with Crippen LogP contribution < -0.4 is 0 Å². The first-order valence-corrected chi connectivity index (χ1v) is 5.02. The van der Waals surface area contributed by atoms with Crippen LogP contribution in [0.15, 0.2) is 18.2 Å². The third kappa shape index (κ3) is 3.59. The number of hydrogen-bond donors (Lipinski definition) is 0. The minimum atomic E-state index is -0.774. The van der Waals surface area contributed by atoms with Crippen LogP contribution in [0.2, 0.25) is 0 Å². The van der Waals surface area contributed by atoms with Gasteiger partial charge in [0.2, 0.25) is 0 Å². The van der Waals surface area contributed by atoms with Gasteiger partial charge in [-0.25, -0.2) is 9.18 Å². The van der Waals surface area contributed by atoms with Crippen LogP contribution in [0.4, 0.5) is 4.39 Å². The minimum Gasteiger partial charge on any atom is -0.468 e. The molecule has 0 fully saturated rings. The molecule has 0 saturated carbocycles. The van der Waals surface area contributed by atoms with Gasteiger partial charge in [0.05, 0.1) is 19.8 Å². The molecule has 1 aromatic carbocycles. The monoisotopic (exact) mass is 250 g/mol. The maximum Gasteiger partial charge on any atom is 0.340 e. The third-order valence-corrected chi connectivity index (χ3v) is 2.06. The molecule has 1 rings (SSSR count). The summed E-state index contributed by atoms with van der Waals surface area (Å²) in [6.45, 7) is 0. The number of benzene rings is 1. The zero-order valence-electron chi connectivity index (χ0n) is 9.95. The molecular formula is C13H11FO4. The number of hydrogen-bond acceptors (Lipinski definition) is 4. The fourth-order valence-electron chi connectivity index (χ4n) is 1.16. The van der Waals surface area contributed by atoms with Crippen molar-refractivity contribution in [3.05, 3.63) is 35.1 Å². The van der Waals surface area contributed by atoms with Crippen LogP contribution in [0.5, 0.6) is 0 Å². The summed E-state index contributed by atoms with van der Waals surface area (Å²) >= 11 is 0. The fraction of sp³-hybridized carbons (Fsp3) is 0.231. The van der Waals surface area contributed by atoms with Crippen molar-refractivity contribution in [2.24, 2.45) is 0 Å². The van der Waals surface area contributed by atoms with Gasteiger partial charge in [-0.1, -0.05) is 11.8 Å². The summed E-state index contributed by atoms with van der Waals surface area (Å²) in [6, 6.07) is 3.80. The Morgan fingerprint density at radius 1 is 1.28 bits per heavy atom. The largest absolute Gasteiger partial charge is 0.468 e. The van der Waals surface area contributed by atoms with Crippen molar-refractivity contribution in [1.29, 1.82) is 0 Å². The number of carbonyl (C=O) groups is 2.